The number of halogens is 1. The summed E-state index contributed by atoms with van der Waals surface area (Å²) in [5, 5.41) is 3.27. The fourth-order valence-corrected chi connectivity index (χ4v) is 1.90. The smallest absolute Gasteiger partial charge is 0.0931 e. The van der Waals surface area contributed by atoms with Crippen LogP contribution in [0.5, 0.6) is 0 Å². The van der Waals surface area contributed by atoms with Crippen molar-refractivity contribution in [3.63, 3.8) is 0 Å². The van der Waals surface area contributed by atoms with Crippen molar-refractivity contribution in [1.29, 1.82) is 0 Å². The van der Waals surface area contributed by atoms with E-state index in [1.807, 2.05) is 19.1 Å². The summed E-state index contributed by atoms with van der Waals surface area (Å²) in [6.07, 6.45) is 0. The molecule has 0 aromatic carbocycles. The van der Waals surface area contributed by atoms with Crippen LogP contribution in [-0.2, 0) is 6.54 Å². The molecule has 1 rings (SSSR count). The first kappa shape index (κ1) is 9.78. The minimum atomic E-state index is 0.849. The fraction of sp³-hybridized carbons (Fsp3) is 0.333. The van der Waals surface area contributed by atoms with Gasteiger partial charge in [-0.05, 0) is 19.1 Å². The van der Waals surface area contributed by atoms with Gasteiger partial charge in [0.15, 0.2) is 0 Å². The molecule has 0 atom stereocenters. The van der Waals surface area contributed by atoms with Gasteiger partial charge in [-0.3, -0.25) is 0 Å². The maximum atomic E-state index is 5.78. The zero-order valence-corrected chi connectivity index (χ0v) is 8.63. The maximum Gasteiger partial charge on any atom is 0.0931 e. The van der Waals surface area contributed by atoms with Gasteiger partial charge in [0.2, 0.25) is 0 Å². The Balaban J connectivity index is 2.29. The third-order valence-corrected chi connectivity index (χ3v) is 2.59. The van der Waals surface area contributed by atoms with E-state index in [1.54, 1.807) is 11.3 Å². The van der Waals surface area contributed by atoms with Gasteiger partial charge in [-0.15, -0.1) is 11.3 Å². The Morgan fingerprint density at radius 2 is 2.42 bits per heavy atom. The summed E-state index contributed by atoms with van der Waals surface area (Å²) < 4.78 is 0.849. The van der Waals surface area contributed by atoms with Crippen molar-refractivity contribution in [1.82, 2.24) is 5.32 Å². The Morgan fingerprint density at radius 3 is 2.92 bits per heavy atom. The van der Waals surface area contributed by atoms with Crippen LogP contribution in [0.1, 0.15) is 11.8 Å². The third kappa shape index (κ3) is 3.39. The second-order valence-electron chi connectivity index (χ2n) is 2.77. The van der Waals surface area contributed by atoms with Crippen molar-refractivity contribution in [2.24, 2.45) is 0 Å². The first-order valence-corrected chi connectivity index (χ1v) is 4.97. The number of rotatable bonds is 4. The molecule has 0 spiro atoms. The Bertz CT molecular complexity index is 267. The second kappa shape index (κ2) is 4.65. The highest BCUT2D eigenvalue weighted by Crippen LogP contribution is 2.20. The van der Waals surface area contributed by atoms with Crippen LogP contribution >= 0.6 is 22.9 Å². The molecule has 0 aliphatic heterocycles. The number of hydrogen-bond acceptors (Lipinski definition) is 2. The summed E-state index contributed by atoms with van der Waals surface area (Å²) in [4.78, 5) is 1.27. The lowest BCUT2D eigenvalue weighted by molar-refractivity contribution is 0.750. The predicted molar refractivity (Wildman–Crippen MR) is 55.8 cm³/mol. The van der Waals surface area contributed by atoms with Crippen molar-refractivity contribution in [2.45, 2.75) is 13.5 Å². The molecule has 0 amide bonds. The Labute approximate surface area is 82.1 Å². The molecule has 1 N–H and O–H groups in total. The average Bonchev–Trinajstić information content (AvgIpc) is 2.35. The molecule has 0 radical (unpaired) electrons. The van der Waals surface area contributed by atoms with Crippen LogP contribution in [0.3, 0.4) is 0 Å². The standard InChI is InChI=1S/C9H12ClNS/c1-7(2)5-11-6-8-3-4-9(10)12-8/h3-4,11H,1,5-6H2,2H3. The molecule has 1 heterocycles. The number of nitrogens with one attached hydrogen (secondary N) is 1. The Hall–Kier alpha value is -0.310. The van der Waals surface area contributed by atoms with Crippen LogP contribution in [0, 0.1) is 0 Å². The average molecular weight is 202 g/mol. The molecular formula is C9H12ClNS. The van der Waals surface area contributed by atoms with Gasteiger partial charge in [-0.25, -0.2) is 0 Å². The van der Waals surface area contributed by atoms with E-state index in [-0.39, 0.29) is 0 Å². The summed E-state index contributed by atoms with van der Waals surface area (Å²) in [5.74, 6) is 0. The van der Waals surface area contributed by atoms with Gasteiger partial charge in [-0.2, -0.15) is 0 Å². The number of thiophene rings is 1. The molecule has 1 aromatic heterocycles. The minimum Gasteiger partial charge on any atom is -0.308 e. The largest absolute Gasteiger partial charge is 0.308 e. The van der Waals surface area contributed by atoms with Crippen LogP contribution in [0.25, 0.3) is 0 Å². The molecular weight excluding hydrogens is 190 g/mol. The highest BCUT2D eigenvalue weighted by Gasteiger charge is 1.96. The van der Waals surface area contributed by atoms with Gasteiger partial charge in [0, 0.05) is 18.0 Å². The third-order valence-electron chi connectivity index (χ3n) is 1.35. The predicted octanol–water partition coefficient (Wildman–Crippen LogP) is 3.07. The first-order valence-electron chi connectivity index (χ1n) is 3.78. The van der Waals surface area contributed by atoms with E-state index in [0.29, 0.717) is 0 Å². The fourth-order valence-electron chi connectivity index (χ4n) is 0.846. The molecule has 12 heavy (non-hydrogen) atoms. The van der Waals surface area contributed by atoms with Crippen molar-refractivity contribution >= 4 is 22.9 Å². The van der Waals surface area contributed by atoms with Gasteiger partial charge in [0.25, 0.3) is 0 Å². The van der Waals surface area contributed by atoms with E-state index in [9.17, 15) is 0 Å². The molecule has 66 valence electrons. The monoisotopic (exact) mass is 201 g/mol. The van der Waals surface area contributed by atoms with E-state index in [1.165, 1.54) is 4.88 Å². The quantitative estimate of drug-likeness (QED) is 0.739. The lowest BCUT2D eigenvalue weighted by Gasteiger charge is -2.00. The summed E-state index contributed by atoms with van der Waals surface area (Å²) in [7, 11) is 0. The Morgan fingerprint density at radius 1 is 1.67 bits per heavy atom. The maximum absolute atomic E-state index is 5.78. The van der Waals surface area contributed by atoms with Crippen molar-refractivity contribution in [2.75, 3.05) is 6.54 Å². The molecule has 0 fully saturated rings. The molecule has 0 aliphatic rings. The van der Waals surface area contributed by atoms with Crippen LogP contribution in [0.15, 0.2) is 24.3 Å². The van der Waals surface area contributed by atoms with E-state index in [0.717, 1.165) is 23.0 Å². The van der Waals surface area contributed by atoms with Gasteiger partial charge < -0.3 is 5.32 Å². The van der Waals surface area contributed by atoms with Crippen LogP contribution < -0.4 is 5.32 Å². The zero-order valence-electron chi connectivity index (χ0n) is 7.06. The molecule has 0 aliphatic carbocycles. The van der Waals surface area contributed by atoms with Gasteiger partial charge >= 0.3 is 0 Å². The highest BCUT2D eigenvalue weighted by molar-refractivity contribution is 7.16. The molecule has 0 bridgehead atoms. The van der Waals surface area contributed by atoms with Crippen molar-refractivity contribution < 1.29 is 0 Å². The normalized spacial score (nSPS) is 10.2. The van der Waals surface area contributed by atoms with Crippen LogP contribution in [0.4, 0.5) is 0 Å². The van der Waals surface area contributed by atoms with E-state index in [4.69, 9.17) is 11.6 Å². The first-order chi connectivity index (χ1) is 5.68. The summed E-state index contributed by atoms with van der Waals surface area (Å²) in [5.41, 5.74) is 1.15. The van der Waals surface area contributed by atoms with E-state index >= 15 is 0 Å². The summed E-state index contributed by atoms with van der Waals surface area (Å²) in [6.45, 7) is 7.56. The highest BCUT2D eigenvalue weighted by atomic mass is 35.5. The Kier molecular flexibility index (Phi) is 3.79. The van der Waals surface area contributed by atoms with Crippen LogP contribution in [0.2, 0.25) is 4.34 Å². The van der Waals surface area contributed by atoms with E-state index in [2.05, 4.69) is 11.9 Å². The molecule has 0 saturated heterocycles. The topological polar surface area (TPSA) is 12.0 Å². The molecule has 3 heteroatoms. The summed E-state index contributed by atoms with van der Waals surface area (Å²) >= 11 is 7.39. The van der Waals surface area contributed by atoms with E-state index < -0.39 is 0 Å². The second-order valence-corrected chi connectivity index (χ2v) is 4.57. The van der Waals surface area contributed by atoms with Gasteiger partial charge in [0.05, 0.1) is 4.34 Å². The molecule has 1 nitrogen and oxygen atoms in total. The van der Waals surface area contributed by atoms with Crippen molar-refractivity contribution in [3.8, 4) is 0 Å². The summed E-state index contributed by atoms with van der Waals surface area (Å²) in [6, 6.07) is 3.96. The van der Waals surface area contributed by atoms with Crippen molar-refractivity contribution in [3.05, 3.63) is 33.5 Å². The molecule has 0 saturated carbocycles. The molecule has 0 unspecified atom stereocenters. The lowest BCUT2D eigenvalue weighted by Crippen LogP contribution is -2.14. The lowest BCUT2D eigenvalue weighted by atomic mass is 10.3. The minimum absolute atomic E-state index is 0.849. The molecule has 1 aromatic rings. The zero-order chi connectivity index (χ0) is 8.97. The number of hydrogen-bond donors (Lipinski definition) is 1. The van der Waals surface area contributed by atoms with Gasteiger partial charge in [0.1, 0.15) is 0 Å². The van der Waals surface area contributed by atoms with Gasteiger partial charge in [-0.1, -0.05) is 23.8 Å². The SMILES string of the molecule is C=C(C)CNCc1ccc(Cl)s1. The van der Waals surface area contributed by atoms with Crippen LogP contribution in [-0.4, -0.2) is 6.54 Å².